The first-order valence-corrected chi connectivity index (χ1v) is 12.2. The number of hydrogen-bond acceptors (Lipinski definition) is 8. The van der Waals surface area contributed by atoms with Crippen LogP contribution in [-0.4, -0.2) is 49.7 Å². The Morgan fingerprint density at radius 1 is 1.17 bits per heavy atom. The minimum absolute atomic E-state index is 0.00213. The quantitative estimate of drug-likeness (QED) is 0.365. The van der Waals surface area contributed by atoms with E-state index in [1.807, 2.05) is 0 Å². The van der Waals surface area contributed by atoms with Gasteiger partial charge in [-0.1, -0.05) is 0 Å². The summed E-state index contributed by atoms with van der Waals surface area (Å²) >= 11 is 0. The van der Waals surface area contributed by atoms with Gasteiger partial charge in [0.1, 0.15) is 13.2 Å². The molecule has 3 heterocycles. The van der Waals surface area contributed by atoms with Gasteiger partial charge in [0.2, 0.25) is 21.8 Å². The Labute approximate surface area is 198 Å². The number of aromatic nitrogens is 6. The summed E-state index contributed by atoms with van der Waals surface area (Å²) in [6, 6.07) is 3.85. The molecule has 1 N–H and O–H groups in total. The summed E-state index contributed by atoms with van der Waals surface area (Å²) in [5.74, 6) is 0.455. The van der Waals surface area contributed by atoms with Crippen molar-refractivity contribution in [1.82, 2.24) is 33.8 Å². The van der Waals surface area contributed by atoms with Crippen LogP contribution in [0.3, 0.4) is 0 Å². The summed E-state index contributed by atoms with van der Waals surface area (Å²) in [5, 5.41) is 11.8. The highest BCUT2D eigenvalue weighted by Gasteiger charge is 2.46. The Kier molecular flexibility index (Phi) is 5.44. The molecule has 1 aliphatic rings. The lowest BCUT2D eigenvalue weighted by molar-refractivity contribution is 0.393. The molecule has 184 valence electrons. The van der Waals surface area contributed by atoms with Crippen molar-refractivity contribution in [2.24, 2.45) is 7.05 Å². The fourth-order valence-corrected chi connectivity index (χ4v) is 5.36. The topological polar surface area (TPSA) is 147 Å². The molecule has 0 amide bonds. The first kappa shape index (κ1) is 23.1. The van der Waals surface area contributed by atoms with Crippen molar-refractivity contribution in [1.29, 1.82) is 0 Å². The van der Waals surface area contributed by atoms with Crippen LogP contribution >= 0.6 is 0 Å². The maximum atomic E-state index is 13.4. The van der Waals surface area contributed by atoms with Gasteiger partial charge in [0, 0.05) is 25.7 Å². The molecule has 5 rings (SSSR count). The number of sulfonamides is 1. The van der Waals surface area contributed by atoms with E-state index in [2.05, 4.69) is 20.0 Å². The van der Waals surface area contributed by atoms with Gasteiger partial charge in [0.15, 0.2) is 0 Å². The Morgan fingerprint density at radius 2 is 1.94 bits per heavy atom. The van der Waals surface area contributed by atoms with Crippen LogP contribution in [0, 0.1) is 6.92 Å². The van der Waals surface area contributed by atoms with Gasteiger partial charge >= 0.3 is 5.69 Å². The summed E-state index contributed by atoms with van der Waals surface area (Å²) < 4.78 is 50.8. The summed E-state index contributed by atoms with van der Waals surface area (Å²) in [5.41, 5.74) is -1.59. The van der Waals surface area contributed by atoms with E-state index in [9.17, 15) is 22.4 Å². The molecule has 0 atom stereocenters. The third kappa shape index (κ3) is 4.30. The molecule has 1 fully saturated rings. The number of fused-ring (bicyclic) bond motifs is 1. The molecule has 0 unspecified atom stereocenters. The third-order valence-electron chi connectivity index (χ3n) is 5.93. The van der Waals surface area contributed by atoms with Gasteiger partial charge in [0.05, 0.1) is 34.1 Å². The van der Waals surface area contributed by atoms with E-state index in [4.69, 9.17) is 4.42 Å². The van der Waals surface area contributed by atoms with Crippen molar-refractivity contribution in [3.63, 3.8) is 0 Å². The molecular formula is C21H22FN7O5S. The summed E-state index contributed by atoms with van der Waals surface area (Å²) in [7, 11) is -2.40. The highest BCUT2D eigenvalue weighted by Crippen LogP contribution is 2.37. The molecule has 3 aromatic heterocycles. The summed E-state index contributed by atoms with van der Waals surface area (Å²) in [6.07, 6.45) is 3.99. The van der Waals surface area contributed by atoms with Crippen LogP contribution in [0.4, 0.5) is 4.39 Å². The average Bonchev–Trinajstić information content (AvgIpc) is 3.26. The fraction of sp³-hybridized carbons (Fsp3) is 0.381. The smallest absolute Gasteiger partial charge is 0.332 e. The Morgan fingerprint density at radius 3 is 2.54 bits per heavy atom. The zero-order valence-corrected chi connectivity index (χ0v) is 19.7. The maximum absolute atomic E-state index is 13.4. The van der Waals surface area contributed by atoms with E-state index >= 15 is 0 Å². The van der Waals surface area contributed by atoms with Gasteiger partial charge in [-0.3, -0.25) is 18.6 Å². The van der Waals surface area contributed by atoms with Crippen LogP contribution in [0.2, 0.25) is 0 Å². The van der Waals surface area contributed by atoms with Gasteiger partial charge < -0.3 is 4.42 Å². The molecule has 1 aromatic carbocycles. The van der Waals surface area contributed by atoms with Gasteiger partial charge in [-0.15, -0.1) is 10.2 Å². The average molecular weight is 504 g/mol. The summed E-state index contributed by atoms with van der Waals surface area (Å²) in [4.78, 5) is 26.6. The fourth-order valence-electron chi connectivity index (χ4n) is 3.89. The van der Waals surface area contributed by atoms with Crippen LogP contribution in [0.15, 0.2) is 49.5 Å². The zero-order valence-electron chi connectivity index (χ0n) is 18.9. The largest absolute Gasteiger partial charge is 0.424 e. The molecule has 12 nitrogen and oxygen atoms in total. The predicted molar refractivity (Wildman–Crippen MR) is 121 cm³/mol. The molecule has 0 saturated heterocycles. The van der Waals surface area contributed by atoms with Crippen molar-refractivity contribution in [2.45, 2.75) is 43.3 Å². The van der Waals surface area contributed by atoms with Crippen LogP contribution < -0.4 is 16.0 Å². The number of halogens is 1. The van der Waals surface area contributed by atoms with Crippen molar-refractivity contribution in [2.75, 3.05) is 6.67 Å². The number of benzene rings is 1. The molecule has 0 spiro atoms. The van der Waals surface area contributed by atoms with E-state index in [1.165, 1.54) is 33.6 Å². The molecule has 35 heavy (non-hydrogen) atoms. The molecule has 1 saturated carbocycles. The van der Waals surface area contributed by atoms with Crippen molar-refractivity contribution >= 4 is 20.9 Å². The summed E-state index contributed by atoms with van der Waals surface area (Å²) in [6.45, 7) is 0.582. The first-order chi connectivity index (χ1) is 16.6. The van der Waals surface area contributed by atoms with E-state index in [0.717, 1.165) is 4.57 Å². The van der Waals surface area contributed by atoms with Crippen LogP contribution in [0.1, 0.15) is 30.2 Å². The van der Waals surface area contributed by atoms with Gasteiger partial charge in [-0.2, -0.15) is 5.10 Å². The van der Waals surface area contributed by atoms with Crippen LogP contribution in [0.25, 0.3) is 10.9 Å². The van der Waals surface area contributed by atoms with E-state index in [-0.39, 0.29) is 34.8 Å². The van der Waals surface area contributed by atoms with Crippen LogP contribution in [-0.2, 0) is 30.2 Å². The molecule has 1 aliphatic carbocycles. The third-order valence-corrected chi connectivity index (χ3v) is 7.50. The SMILES string of the molecule is Cc1nnc(Cn2c(=O)n(Cc3cnn(C)c3)c(=O)c3cc(S(=O)(=O)NC4(CF)CC4)ccc32)o1. The number of hydrogen-bond donors (Lipinski definition) is 1. The van der Waals surface area contributed by atoms with Crippen molar-refractivity contribution < 1.29 is 17.2 Å². The standard InChI is InChI=1S/C21H22FN7O5S/c1-13-24-25-18(34-13)11-28-17-4-3-15(35(32,33)26-21(12-22)5-6-21)7-16(17)19(30)29(20(28)31)10-14-8-23-27(2)9-14/h3-4,7-9,26H,5-6,10-12H2,1-2H3. The minimum Gasteiger partial charge on any atom is -0.424 e. The number of rotatable bonds is 8. The molecule has 14 heteroatoms. The Hall–Kier alpha value is -3.65. The molecule has 4 aromatic rings. The second-order valence-electron chi connectivity index (χ2n) is 8.70. The van der Waals surface area contributed by atoms with Crippen LogP contribution in [0.5, 0.6) is 0 Å². The second-order valence-corrected chi connectivity index (χ2v) is 10.4. The number of nitrogens with zero attached hydrogens (tertiary/aromatic N) is 6. The van der Waals surface area contributed by atoms with Gasteiger partial charge in [0.25, 0.3) is 5.56 Å². The van der Waals surface area contributed by atoms with Gasteiger partial charge in [-0.25, -0.2) is 22.3 Å². The van der Waals surface area contributed by atoms with E-state index in [1.54, 1.807) is 20.2 Å². The number of alkyl halides is 1. The number of aryl methyl sites for hydroxylation is 2. The lowest BCUT2D eigenvalue weighted by Gasteiger charge is -2.16. The van der Waals surface area contributed by atoms with E-state index < -0.39 is 33.5 Å². The molecule has 0 aliphatic heterocycles. The van der Waals surface area contributed by atoms with E-state index in [0.29, 0.717) is 24.3 Å². The minimum atomic E-state index is -4.10. The Bertz CT molecular complexity index is 1660. The second kappa shape index (κ2) is 8.23. The molecule has 0 radical (unpaired) electrons. The Balaban J connectivity index is 1.68. The normalized spacial score (nSPS) is 15.1. The first-order valence-electron chi connectivity index (χ1n) is 10.7. The zero-order chi connectivity index (χ0) is 25.0. The lowest BCUT2D eigenvalue weighted by atomic mass is 10.2. The lowest BCUT2D eigenvalue weighted by Crippen LogP contribution is -2.41. The van der Waals surface area contributed by atoms with Gasteiger partial charge in [-0.05, 0) is 31.0 Å². The highest BCUT2D eigenvalue weighted by molar-refractivity contribution is 7.89. The molecule has 0 bridgehead atoms. The molecular weight excluding hydrogens is 481 g/mol. The van der Waals surface area contributed by atoms with Crippen molar-refractivity contribution in [3.8, 4) is 0 Å². The maximum Gasteiger partial charge on any atom is 0.332 e. The predicted octanol–water partition coefficient (Wildman–Crippen LogP) is 0.465. The number of nitrogens with one attached hydrogen (secondary N) is 1. The van der Waals surface area contributed by atoms with Crippen molar-refractivity contribution in [3.05, 3.63) is 68.8 Å². The monoisotopic (exact) mass is 503 g/mol. The highest BCUT2D eigenvalue weighted by atomic mass is 32.2.